The Hall–Kier alpha value is -1.38. The first-order chi connectivity index (χ1) is 8.65. The summed E-state index contributed by atoms with van der Waals surface area (Å²) in [6.07, 6.45) is 3.43. The van der Waals surface area contributed by atoms with Crippen LogP contribution >= 0.6 is 0 Å². The van der Waals surface area contributed by atoms with Gasteiger partial charge in [0.1, 0.15) is 5.82 Å². The van der Waals surface area contributed by atoms with Crippen LogP contribution < -0.4 is 5.32 Å². The molecular weight excluding hydrogens is 229 g/mol. The van der Waals surface area contributed by atoms with Crippen LogP contribution in [0.3, 0.4) is 0 Å². The fourth-order valence-corrected chi connectivity index (χ4v) is 1.43. The van der Waals surface area contributed by atoms with E-state index in [9.17, 15) is 9.18 Å². The van der Waals surface area contributed by atoms with E-state index >= 15 is 0 Å². The van der Waals surface area contributed by atoms with Crippen LogP contribution in [0.15, 0.2) is 24.3 Å². The van der Waals surface area contributed by atoms with Gasteiger partial charge in [0.15, 0.2) is 0 Å². The highest BCUT2D eigenvalue weighted by Gasteiger charge is 2.23. The zero-order valence-corrected chi connectivity index (χ0v) is 11.8. The van der Waals surface area contributed by atoms with Gasteiger partial charge in [-0.05, 0) is 31.4 Å². The van der Waals surface area contributed by atoms with Gasteiger partial charge in [-0.25, -0.2) is 4.39 Å². The second kappa shape index (κ2) is 9.63. The molecule has 2 nitrogen and oxygen atoms in total. The molecule has 0 heterocycles. The van der Waals surface area contributed by atoms with Crippen molar-refractivity contribution < 1.29 is 9.18 Å². The van der Waals surface area contributed by atoms with Gasteiger partial charge in [-0.2, -0.15) is 0 Å². The second-order valence-corrected chi connectivity index (χ2v) is 3.99. The number of hydrogen-bond donors (Lipinski definition) is 1. The van der Waals surface area contributed by atoms with Crippen LogP contribution in [0.4, 0.5) is 4.39 Å². The standard InChI is InChI=1S/C7H7F.C6H11NO.C2H6/c1-6-4-2-3-5-7(6)8;1-7-6(8)5-3-2-4-5;1-2/h2-5H,1H3;5H,2-4H2,1H3,(H,7,8);1-2H3. The Labute approximate surface area is 110 Å². The van der Waals surface area contributed by atoms with Gasteiger partial charge in [0.05, 0.1) is 0 Å². The van der Waals surface area contributed by atoms with E-state index < -0.39 is 0 Å². The maximum atomic E-state index is 12.3. The van der Waals surface area contributed by atoms with Crippen LogP contribution in [0.25, 0.3) is 0 Å². The molecule has 3 heteroatoms. The lowest BCUT2D eigenvalue weighted by molar-refractivity contribution is -0.126. The monoisotopic (exact) mass is 253 g/mol. The first-order valence-corrected chi connectivity index (χ1v) is 6.58. The van der Waals surface area contributed by atoms with E-state index in [0.29, 0.717) is 11.5 Å². The molecule has 0 unspecified atom stereocenters. The zero-order chi connectivity index (χ0) is 14.0. The molecule has 0 aromatic heterocycles. The molecule has 1 saturated carbocycles. The summed E-state index contributed by atoms with van der Waals surface area (Å²) in [5.41, 5.74) is 0.701. The number of hydrogen-bond acceptors (Lipinski definition) is 1. The van der Waals surface area contributed by atoms with Gasteiger partial charge >= 0.3 is 0 Å². The Bertz CT molecular complexity index is 327. The minimum absolute atomic E-state index is 0.132. The zero-order valence-electron chi connectivity index (χ0n) is 11.8. The van der Waals surface area contributed by atoms with E-state index in [1.807, 2.05) is 19.9 Å². The molecule has 0 radical (unpaired) electrons. The Balaban J connectivity index is 0.000000283. The number of halogens is 1. The summed E-state index contributed by atoms with van der Waals surface area (Å²) in [6, 6.07) is 6.70. The lowest BCUT2D eigenvalue weighted by Crippen LogP contribution is -2.31. The first-order valence-electron chi connectivity index (χ1n) is 6.58. The van der Waals surface area contributed by atoms with Gasteiger partial charge < -0.3 is 5.32 Å². The van der Waals surface area contributed by atoms with E-state index in [-0.39, 0.29) is 11.7 Å². The highest BCUT2D eigenvalue weighted by Crippen LogP contribution is 2.25. The minimum atomic E-state index is -0.132. The molecule has 0 saturated heterocycles. The predicted octanol–water partition coefficient (Wildman–Crippen LogP) is 3.69. The third-order valence-corrected chi connectivity index (χ3v) is 2.80. The van der Waals surface area contributed by atoms with Gasteiger partial charge in [0, 0.05) is 13.0 Å². The van der Waals surface area contributed by atoms with E-state index in [2.05, 4.69) is 5.32 Å². The largest absolute Gasteiger partial charge is 0.359 e. The summed E-state index contributed by atoms with van der Waals surface area (Å²) < 4.78 is 12.3. The van der Waals surface area contributed by atoms with Crippen molar-refractivity contribution in [3.8, 4) is 0 Å². The normalized spacial score (nSPS) is 13.2. The van der Waals surface area contributed by atoms with Crippen molar-refractivity contribution in [2.24, 2.45) is 5.92 Å². The smallest absolute Gasteiger partial charge is 0.222 e. The summed E-state index contributed by atoms with van der Waals surface area (Å²) in [6.45, 7) is 5.75. The van der Waals surface area contributed by atoms with Gasteiger partial charge in [-0.3, -0.25) is 4.79 Å². The third kappa shape index (κ3) is 5.80. The van der Waals surface area contributed by atoms with Crippen molar-refractivity contribution in [1.29, 1.82) is 0 Å². The maximum absolute atomic E-state index is 12.3. The molecule has 1 aliphatic rings. The average molecular weight is 253 g/mol. The van der Waals surface area contributed by atoms with Crippen LogP contribution in [0, 0.1) is 18.7 Å². The molecule has 1 aliphatic carbocycles. The van der Waals surface area contributed by atoms with Crippen LogP contribution in [-0.2, 0) is 4.79 Å². The fraction of sp³-hybridized carbons (Fsp3) is 0.533. The molecule has 0 aliphatic heterocycles. The molecular formula is C15H24FNO. The second-order valence-electron chi connectivity index (χ2n) is 3.99. The van der Waals surface area contributed by atoms with Gasteiger partial charge in [-0.15, -0.1) is 0 Å². The average Bonchev–Trinajstić information content (AvgIpc) is 2.34. The Morgan fingerprint density at radius 3 is 2.06 bits per heavy atom. The predicted molar refractivity (Wildman–Crippen MR) is 73.9 cm³/mol. The maximum Gasteiger partial charge on any atom is 0.222 e. The minimum Gasteiger partial charge on any atom is -0.359 e. The number of benzene rings is 1. The van der Waals surface area contributed by atoms with Crippen molar-refractivity contribution >= 4 is 5.91 Å². The summed E-state index contributed by atoms with van der Waals surface area (Å²) in [5, 5.41) is 2.63. The van der Waals surface area contributed by atoms with Crippen molar-refractivity contribution in [2.75, 3.05) is 7.05 Å². The topological polar surface area (TPSA) is 29.1 Å². The third-order valence-electron chi connectivity index (χ3n) is 2.80. The van der Waals surface area contributed by atoms with Gasteiger partial charge in [0.25, 0.3) is 0 Å². The molecule has 1 N–H and O–H groups in total. The van der Waals surface area contributed by atoms with Crippen LogP contribution in [-0.4, -0.2) is 13.0 Å². The molecule has 1 aromatic rings. The molecule has 0 spiro atoms. The molecule has 1 aromatic carbocycles. The first kappa shape index (κ1) is 16.6. The van der Waals surface area contributed by atoms with Crippen molar-refractivity contribution in [3.05, 3.63) is 35.6 Å². The summed E-state index contributed by atoms with van der Waals surface area (Å²) in [7, 11) is 1.70. The Morgan fingerprint density at radius 2 is 1.83 bits per heavy atom. The van der Waals surface area contributed by atoms with Gasteiger partial charge in [-0.1, -0.05) is 38.5 Å². The number of nitrogens with one attached hydrogen (secondary N) is 1. The lowest BCUT2D eigenvalue weighted by atomic mass is 9.85. The molecule has 0 atom stereocenters. The number of carbonyl (C=O) groups is 1. The molecule has 2 rings (SSSR count). The van der Waals surface area contributed by atoms with Crippen molar-refractivity contribution in [2.45, 2.75) is 40.0 Å². The van der Waals surface area contributed by atoms with Crippen molar-refractivity contribution in [1.82, 2.24) is 5.32 Å². The quantitative estimate of drug-likeness (QED) is 0.812. The number of rotatable bonds is 1. The van der Waals surface area contributed by atoms with Crippen LogP contribution in [0.2, 0.25) is 0 Å². The highest BCUT2D eigenvalue weighted by molar-refractivity contribution is 5.78. The van der Waals surface area contributed by atoms with Gasteiger partial charge in [0.2, 0.25) is 5.91 Å². The number of amides is 1. The number of carbonyl (C=O) groups excluding carboxylic acids is 1. The summed E-state index contributed by atoms with van der Waals surface area (Å²) in [5.74, 6) is 0.434. The van der Waals surface area contributed by atoms with E-state index in [4.69, 9.17) is 0 Å². The Morgan fingerprint density at radius 1 is 1.28 bits per heavy atom. The summed E-state index contributed by atoms with van der Waals surface area (Å²) in [4.78, 5) is 10.7. The number of aryl methyl sites for hydroxylation is 1. The fourth-order valence-electron chi connectivity index (χ4n) is 1.43. The SMILES string of the molecule is CC.CNC(=O)C1CCC1.Cc1ccccc1F. The molecule has 18 heavy (non-hydrogen) atoms. The van der Waals surface area contributed by atoms with Crippen molar-refractivity contribution in [3.63, 3.8) is 0 Å². The molecule has 0 bridgehead atoms. The molecule has 102 valence electrons. The van der Waals surface area contributed by atoms with Crippen LogP contribution in [0.5, 0.6) is 0 Å². The van der Waals surface area contributed by atoms with E-state index in [0.717, 1.165) is 12.8 Å². The molecule has 1 fully saturated rings. The molecule has 1 amide bonds. The summed E-state index contributed by atoms with van der Waals surface area (Å²) >= 11 is 0. The lowest BCUT2D eigenvalue weighted by Gasteiger charge is -2.22. The van der Waals surface area contributed by atoms with Crippen LogP contribution in [0.1, 0.15) is 38.7 Å². The highest BCUT2D eigenvalue weighted by atomic mass is 19.1. The van der Waals surface area contributed by atoms with E-state index in [1.54, 1.807) is 26.1 Å². The van der Waals surface area contributed by atoms with E-state index in [1.165, 1.54) is 12.5 Å². The Kier molecular flexibility index (Phi) is 8.89.